The molecule has 2 aromatic rings. The molecule has 2 N–H and O–H groups in total. The van der Waals surface area contributed by atoms with E-state index in [2.05, 4.69) is 10.6 Å². The van der Waals surface area contributed by atoms with E-state index in [1.165, 1.54) is 24.6 Å². The molecular formula is C26H29N4O5-. The number of fused-ring (bicyclic) bond motifs is 4. The van der Waals surface area contributed by atoms with Crippen LogP contribution in [0.3, 0.4) is 0 Å². The molecule has 35 heavy (non-hydrogen) atoms. The van der Waals surface area contributed by atoms with Gasteiger partial charge in [-0.25, -0.2) is 4.79 Å². The van der Waals surface area contributed by atoms with Crippen LogP contribution in [0.5, 0.6) is 0 Å². The summed E-state index contributed by atoms with van der Waals surface area (Å²) in [4.78, 5) is 51.7. The van der Waals surface area contributed by atoms with E-state index in [-0.39, 0.29) is 46.6 Å². The number of benzene rings is 1. The van der Waals surface area contributed by atoms with Crippen LogP contribution in [0, 0.1) is 5.92 Å². The first-order valence-electron chi connectivity index (χ1n) is 12.3. The van der Waals surface area contributed by atoms with Crippen LogP contribution in [0.15, 0.2) is 41.2 Å². The summed E-state index contributed by atoms with van der Waals surface area (Å²) >= 11 is 0. The SMILES string of the molecule is O=C(Nc1ccc2n(c1=O)C[C@H]1C[C@@H]2CN(C(=O)c2cccc(C(=O)[O-])c2)C1)NC1CCCCC1. The van der Waals surface area contributed by atoms with Gasteiger partial charge in [0.05, 0.1) is 5.97 Å². The summed E-state index contributed by atoms with van der Waals surface area (Å²) in [5, 5.41) is 16.9. The predicted octanol–water partition coefficient (Wildman–Crippen LogP) is 1.93. The van der Waals surface area contributed by atoms with Crippen LogP contribution in [-0.2, 0) is 6.54 Å². The maximum Gasteiger partial charge on any atom is 0.319 e. The molecular weight excluding hydrogens is 448 g/mol. The molecule has 2 fully saturated rings. The zero-order valence-electron chi connectivity index (χ0n) is 19.5. The molecule has 0 spiro atoms. The van der Waals surface area contributed by atoms with Crippen LogP contribution < -0.4 is 21.3 Å². The molecule has 1 saturated carbocycles. The van der Waals surface area contributed by atoms with Crippen molar-refractivity contribution in [3.8, 4) is 0 Å². The van der Waals surface area contributed by atoms with Crippen molar-refractivity contribution in [2.75, 3.05) is 18.4 Å². The number of carboxylic acids is 1. The Hall–Kier alpha value is -3.62. The fourth-order valence-electron chi connectivity index (χ4n) is 5.76. The van der Waals surface area contributed by atoms with Crippen molar-refractivity contribution in [2.24, 2.45) is 5.92 Å². The molecule has 2 atom stereocenters. The second-order valence-corrected chi connectivity index (χ2v) is 9.90. The van der Waals surface area contributed by atoms with Crippen LogP contribution >= 0.6 is 0 Å². The number of rotatable bonds is 4. The number of hydrogen-bond acceptors (Lipinski definition) is 5. The first-order chi connectivity index (χ1) is 16.9. The highest BCUT2D eigenvalue weighted by Gasteiger charge is 2.37. The van der Waals surface area contributed by atoms with Gasteiger partial charge in [-0.2, -0.15) is 0 Å². The van der Waals surface area contributed by atoms with E-state index in [1.54, 1.807) is 21.6 Å². The minimum atomic E-state index is -1.32. The topological polar surface area (TPSA) is 124 Å². The summed E-state index contributed by atoms with van der Waals surface area (Å²) in [6.07, 6.45) is 6.22. The average molecular weight is 478 g/mol. The lowest BCUT2D eigenvalue weighted by Gasteiger charge is -2.43. The lowest BCUT2D eigenvalue weighted by Crippen LogP contribution is -2.49. The van der Waals surface area contributed by atoms with Gasteiger partial charge in [-0.1, -0.05) is 31.4 Å². The lowest BCUT2D eigenvalue weighted by atomic mass is 9.83. The molecule has 3 aliphatic rings. The highest BCUT2D eigenvalue weighted by atomic mass is 16.4. The molecule has 184 valence electrons. The molecule has 9 nitrogen and oxygen atoms in total. The normalized spacial score (nSPS) is 21.7. The quantitative estimate of drug-likeness (QED) is 0.696. The second kappa shape index (κ2) is 9.56. The van der Waals surface area contributed by atoms with Crippen LogP contribution in [0.1, 0.15) is 70.9 Å². The number of carbonyl (C=O) groups excluding carboxylic acids is 3. The van der Waals surface area contributed by atoms with Gasteiger partial charge in [-0.05, 0) is 55.0 Å². The van der Waals surface area contributed by atoms with Crippen molar-refractivity contribution in [3.05, 3.63) is 63.6 Å². The largest absolute Gasteiger partial charge is 0.545 e. The minimum Gasteiger partial charge on any atom is -0.545 e. The van der Waals surface area contributed by atoms with Crippen molar-refractivity contribution in [1.29, 1.82) is 0 Å². The lowest BCUT2D eigenvalue weighted by molar-refractivity contribution is -0.255. The highest BCUT2D eigenvalue weighted by Crippen LogP contribution is 2.36. The summed E-state index contributed by atoms with van der Waals surface area (Å²) < 4.78 is 1.73. The number of urea groups is 1. The Labute approximate surface area is 203 Å². The van der Waals surface area contributed by atoms with E-state index >= 15 is 0 Å². The van der Waals surface area contributed by atoms with Crippen LogP contribution in [-0.4, -0.2) is 46.5 Å². The van der Waals surface area contributed by atoms with E-state index in [9.17, 15) is 24.3 Å². The van der Waals surface area contributed by atoms with Gasteiger partial charge in [-0.15, -0.1) is 0 Å². The Kier molecular flexibility index (Phi) is 6.32. The molecule has 1 aromatic carbocycles. The number of pyridine rings is 1. The monoisotopic (exact) mass is 477 g/mol. The van der Waals surface area contributed by atoms with Crippen molar-refractivity contribution in [2.45, 2.75) is 57.0 Å². The van der Waals surface area contributed by atoms with Crippen LogP contribution in [0.4, 0.5) is 10.5 Å². The number of nitrogens with one attached hydrogen (secondary N) is 2. The fraction of sp³-hybridized carbons (Fsp3) is 0.462. The summed E-state index contributed by atoms with van der Waals surface area (Å²) in [7, 11) is 0. The highest BCUT2D eigenvalue weighted by molar-refractivity contribution is 5.97. The second-order valence-electron chi connectivity index (χ2n) is 9.90. The molecule has 3 heterocycles. The molecule has 0 unspecified atom stereocenters. The molecule has 2 bridgehead atoms. The first-order valence-corrected chi connectivity index (χ1v) is 12.3. The smallest absolute Gasteiger partial charge is 0.319 e. The number of amides is 3. The number of aromatic nitrogens is 1. The molecule has 2 aliphatic heterocycles. The number of likely N-dealkylation sites (tertiary alicyclic amines) is 1. The minimum absolute atomic E-state index is 0.00594. The van der Waals surface area contributed by atoms with Gasteiger partial charge >= 0.3 is 6.03 Å². The fourth-order valence-corrected chi connectivity index (χ4v) is 5.76. The molecule has 9 heteroatoms. The molecule has 1 aromatic heterocycles. The van der Waals surface area contributed by atoms with Crippen molar-refractivity contribution < 1.29 is 19.5 Å². The number of aromatic carboxylic acids is 1. The maximum atomic E-state index is 13.2. The zero-order chi connectivity index (χ0) is 24.5. The number of anilines is 1. The number of piperidine rings is 1. The Balaban J connectivity index is 1.30. The van der Waals surface area contributed by atoms with Gasteiger partial charge in [0.25, 0.3) is 11.5 Å². The van der Waals surface area contributed by atoms with Gasteiger partial charge in [-0.3, -0.25) is 9.59 Å². The van der Waals surface area contributed by atoms with Crippen LogP contribution in [0.25, 0.3) is 0 Å². The Bertz CT molecular complexity index is 1220. The van der Waals surface area contributed by atoms with E-state index in [4.69, 9.17) is 0 Å². The van der Waals surface area contributed by atoms with Crippen LogP contribution in [0.2, 0.25) is 0 Å². The van der Waals surface area contributed by atoms with Crippen molar-refractivity contribution in [3.63, 3.8) is 0 Å². The maximum absolute atomic E-state index is 13.2. The predicted molar refractivity (Wildman–Crippen MR) is 127 cm³/mol. The van der Waals surface area contributed by atoms with Crippen molar-refractivity contribution >= 4 is 23.6 Å². The molecule has 1 saturated heterocycles. The number of hydrogen-bond donors (Lipinski definition) is 2. The van der Waals surface area contributed by atoms with Gasteiger partial charge in [0.1, 0.15) is 5.69 Å². The Morgan fingerprint density at radius 3 is 2.49 bits per heavy atom. The average Bonchev–Trinajstić information content (AvgIpc) is 2.86. The Morgan fingerprint density at radius 2 is 1.71 bits per heavy atom. The van der Waals surface area contributed by atoms with E-state index in [0.717, 1.165) is 37.8 Å². The summed E-state index contributed by atoms with van der Waals surface area (Å²) in [6, 6.07) is 9.21. The van der Waals surface area contributed by atoms with E-state index < -0.39 is 5.97 Å². The third-order valence-corrected chi connectivity index (χ3v) is 7.43. The zero-order valence-corrected chi connectivity index (χ0v) is 19.5. The number of carboxylic acid groups (broad SMARTS) is 1. The van der Waals surface area contributed by atoms with Gasteiger partial charge in [0, 0.05) is 42.9 Å². The molecule has 1 aliphatic carbocycles. The summed E-state index contributed by atoms with van der Waals surface area (Å²) in [5.74, 6) is -1.45. The third kappa shape index (κ3) is 4.80. The number of carbonyl (C=O) groups is 3. The van der Waals surface area contributed by atoms with Gasteiger partial charge < -0.3 is 30.0 Å². The van der Waals surface area contributed by atoms with E-state index in [1.807, 2.05) is 6.07 Å². The summed E-state index contributed by atoms with van der Waals surface area (Å²) in [5.41, 5.74) is 1.17. The number of nitrogens with zero attached hydrogens (tertiary/aromatic N) is 2. The standard InChI is InChI=1S/C26H30N4O5/c31-23(17-5-4-6-18(12-17)25(33)34)29-13-16-11-19(15-29)22-10-9-21(24(32)30(22)14-16)28-26(35)27-20-7-2-1-3-8-20/h4-6,9-10,12,16,19-20H,1-3,7-8,11,13-15H2,(H,33,34)(H2,27,28,35)/p-1/t16-,19+/m0/s1. The molecule has 5 rings (SSSR count). The first kappa shape index (κ1) is 23.1. The molecule has 0 radical (unpaired) electrons. The van der Waals surface area contributed by atoms with Gasteiger partial charge in [0.15, 0.2) is 0 Å². The third-order valence-electron chi connectivity index (χ3n) is 7.43. The summed E-state index contributed by atoms with van der Waals surface area (Å²) in [6.45, 7) is 1.39. The van der Waals surface area contributed by atoms with Crippen molar-refractivity contribution in [1.82, 2.24) is 14.8 Å². The molecule has 3 amide bonds. The Morgan fingerprint density at radius 1 is 0.943 bits per heavy atom. The van der Waals surface area contributed by atoms with E-state index in [0.29, 0.717) is 25.2 Å². The van der Waals surface area contributed by atoms with Gasteiger partial charge in [0.2, 0.25) is 0 Å².